The van der Waals surface area contributed by atoms with Gasteiger partial charge in [-0.25, -0.2) is 4.79 Å². The summed E-state index contributed by atoms with van der Waals surface area (Å²) >= 11 is 0. The zero-order valence-electron chi connectivity index (χ0n) is 15.6. The van der Waals surface area contributed by atoms with Gasteiger partial charge in [0.1, 0.15) is 24.9 Å². The summed E-state index contributed by atoms with van der Waals surface area (Å²) in [6.07, 6.45) is -2.34. The number of nitrogens with two attached hydrogens (primary N) is 1. The van der Waals surface area contributed by atoms with Crippen LogP contribution in [0.5, 0.6) is 0 Å². The molecule has 0 saturated carbocycles. The maximum atomic E-state index is 12.0. The van der Waals surface area contributed by atoms with Gasteiger partial charge in [0, 0.05) is 12.3 Å². The van der Waals surface area contributed by atoms with E-state index >= 15 is 0 Å². The number of aromatic amines is 1. The molecule has 1 aromatic rings. The Balaban J connectivity index is 1.92. The summed E-state index contributed by atoms with van der Waals surface area (Å²) in [5.74, 6) is -0.585. The van der Waals surface area contributed by atoms with E-state index in [9.17, 15) is 24.1 Å². The number of hydrogen-bond donors (Lipinski definition) is 4. The minimum absolute atomic E-state index is 0.308. The molecule has 1 saturated heterocycles. The molecular weight excluding hydrogens is 395 g/mol. The fraction of sp³-hybridized carbons (Fsp3) is 0.667. The third kappa shape index (κ3) is 5.53. The van der Waals surface area contributed by atoms with E-state index in [-0.39, 0.29) is 12.7 Å². The molecular formula is C15H24N4O8P+. The molecule has 12 nitrogen and oxygen atoms in total. The van der Waals surface area contributed by atoms with E-state index in [1.807, 2.05) is 0 Å². The van der Waals surface area contributed by atoms with E-state index in [1.165, 1.54) is 13.1 Å². The number of aromatic nitrogens is 2. The van der Waals surface area contributed by atoms with Crippen LogP contribution in [0.1, 0.15) is 27.0 Å². The van der Waals surface area contributed by atoms with Gasteiger partial charge < -0.3 is 20.3 Å². The Morgan fingerprint density at radius 2 is 2.14 bits per heavy atom. The average Bonchev–Trinajstić information content (AvgIpc) is 2.87. The molecule has 2 heterocycles. The van der Waals surface area contributed by atoms with Crippen LogP contribution in [0.2, 0.25) is 0 Å². The maximum absolute atomic E-state index is 12.0. The quantitative estimate of drug-likeness (QED) is 0.293. The van der Waals surface area contributed by atoms with Crippen LogP contribution in [0.15, 0.2) is 21.9 Å². The first-order chi connectivity index (χ1) is 13.1. The Hall–Kier alpha value is -1.95. The van der Waals surface area contributed by atoms with Crippen molar-refractivity contribution < 1.29 is 28.5 Å². The molecule has 1 aliphatic rings. The number of carbonyl (C=O) groups excluding carboxylic acids is 1. The SMILES string of the molecule is CC(C)OC(=O)[C@H](C)N[P+](=O)OC[C@H]1O[C@@H](n2ccc(=O)[nH]c2=O)[C@H](N)[C@@H]1O. The van der Waals surface area contributed by atoms with Crippen LogP contribution >= 0.6 is 8.18 Å². The summed E-state index contributed by atoms with van der Waals surface area (Å²) in [6, 6.07) is -0.732. The minimum atomic E-state index is -2.45. The maximum Gasteiger partial charge on any atom is 0.613 e. The van der Waals surface area contributed by atoms with Gasteiger partial charge in [0.2, 0.25) is 0 Å². The summed E-state index contributed by atoms with van der Waals surface area (Å²) in [5.41, 5.74) is 4.57. The standard InChI is InChI=1S/C15H23N4O8P/c1-7(2)26-14(22)8(3)18-28(24)25-6-9-12(21)11(16)13(27-9)19-5-4-10(20)17-15(19)23/h4-5,7-9,11-13,21H,6,16H2,1-3H3,(H-,17,18,20,23,24)/p+1/t8-,9+,11+,12+,13+/m0/s1. The van der Waals surface area contributed by atoms with Gasteiger partial charge in [0.05, 0.1) is 12.1 Å². The van der Waals surface area contributed by atoms with Gasteiger partial charge in [-0.3, -0.25) is 19.1 Å². The highest BCUT2D eigenvalue weighted by Gasteiger charge is 2.44. The van der Waals surface area contributed by atoms with Crippen molar-refractivity contribution in [3.05, 3.63) is 33.1 Å². The zero-order chi connectivity index (χ0) is 21.0. The fourth-order valence-corrected chi connectivity index (χ4v) is 3.29. The molecule has 0 aliphatic carbocycles. The van der Waals surface area contributed by atoms with Gasteiger partial charge in [-0.05, 0) is 25.3 Å². The number of esters is 1. The van der Waals surface area contributed by atoms with Gasteiger partial charge >= 0.3 is 19.8 Å². The fourth-order valence-electron chi connectivity index (χ4n) is 2.51. The van der Waals surface area contributed by atoms with E-state index in [2.05, 4.69) is 10.1 Å². The van der Waals surface area contributed by atoms with Crippen molar-refractivity contribution in [3.8, 4) is 0 Å². The molecule has 0 radical (unpaired) electrons. The Morgan fingerprint density at radius 3 is 2.75 bits per heavy atom. The molecule has 2 rings (SSSR count). The molecule has 0 amide bonds. The lowest BCUT2D eigenvalue weighted by atomic mass is 10.1. The van der Waals surface area contributed by atoms with Crippen LogP contribution in [0.25, 0.3) is 0 Å². The van der Waals surface area contributed by atoms with Crippen molar-refractivity contribution in [2.24, 2.45) is 5.73 Å². The molecule has 6 atom stereocenters. The van der Waals surface area contributed by atoms with E-state index in [0.29, 0.717) is 0 Å². The van der Waals surface area contributed by atoms with Crippen molar-refractivity contribution >= 4 is 14.1 Å². The number of rotatable bonds is 8. The van der Waals surface area contributed by atoms with Crippen LogP contribution in [-0.2, 0) is 23.4 Å². The number of H-pyrrole nitrogens is 1. The summed E-state index contributed by atoms with van der Waals surface area (Å²) in [7, 11) is -2.45. The normalized spacial score (nSPS) is 26.3. The predicted octanol–water partition coefficient (Wildman–Crippen LogP) is -1.27. The molecule has 1 fully saturated rings. The molecule has 5 N–H and O–H groups in total. The Labute approximate surface area is 160 Å². The van der Waals surface area contributed by atoms with Crippen molar-refractivity contribution in [2.75, 3.05) is 6.61 Å². The summed E-state index contributed by atoms with van der Waals surface area (Å²) < 4.78 is 28.6. The van der Waals surface area contributed by atoms with Gasteiger partial charge in [-0.1, -0.05) is 5.09 Å². The van der Waals surface area contributed by atoms with E-state index in [0.717, 1.165) is 10.6 Å². The number of carbonyl (C=O) groups is 1. The topological polar surface area (TPSA) is 175 Å². The largest absolute Gasteiger partial charge is 0.613 e. The first-order valence-electron chi connectivity index (χ1n) is 8.57. The first kappa shape index (κ1) is 22.3. The van der Waals surface area contributed by atoms with Crippen molar-refractivity contribution in [3.63, 3.8) is 0 Å². The van der Waals surface area contributed by atoms with Crippen LogP contribution in [0.4, 0.5) is 0 Å². The molecule has 0 spiro atoms. The number of hydrogen-bond acceptors (Lipinski definition) is 9. The molecule has 1 aliphatic heterocycles. The summed E-state index contributed by atoms with van der Waals surface area (Å²) in [6.45, 7) is 4.54. The Bertz CT molecular complexity index is 825. The number of nitrogens with zero attached hydrogens (tertiary/aromatic N) is 1. The van der Waals surface area contributed by atoms with Crippen molar-refractivity contribution in [1.29, 1.82) is 0 Å². The number of nitrogens with one attached hydrogen (secondary N) is 2. The van der Waals surface area contributed by atoms with Crippen LogP contribution in [0.3, 0.4) is 0 Å². The highest BCUT2D eigenvalue weighted by molar-refractivity contribution is 7.36. The van der Waals surface area contributed by atoms with E-state index in [1.54, 1.807) is 13.8 Å². The van der Waals surface area contributed by atoms with Gasteiger partial charge in [0.15, 0.2) is 6.23 Å². The lowest BCUT2D eigenvalue weighted by Crippen LogP contribution is -2.43. The molecule has 156 valence electrons. The van der Waals surface area contributed by atoms with Crippen LogP contribution < -0.4 is 22.1 Å². The molecule has 1 aromatic heterocycles. The molecule has 0 aromatic carbocycles. The van der Waals surface area contributed by atoms with E-state index in [4.69, 9.17) is 19.7 Å². The second-order valence-corrected chi connectivity index (χ2v) is 7.57. The second-order valence-electron chi connectivity index (χ2n) is 6.54. The lowest BCUT2D eigenvalue weighted by molar-refractivity contribution is -0.149. The van der Waals surface area contributed by atoms with Gasteiger partial charge in [-0.2, -0.15) is 0 Å². The van der Waals surface area contributed by atoms with Crippen LogP contribution in [-0.4, -0.2) is 57.6 Å². The van der Waals surface area contributed by atoms with E-state index < -0.39 is 55.9 Å². The summed E-state index contributed by atoms with van der Waals surface area (Å²) in [5, 5.41) is 12.7. The molecule has 28 heavy (non-hydrogen) atoms. The highest BCUT2D eigenvalue weighted by Crippen LogP contribution is 2.29. The third-order valence-corrected chi connectivity index (χ3v) is 4.89. The summed E-state index contributed by atoms with van der Waals surface area (Å²) in [4.78, 5) is 36.8. The lowest BCUT2D eigenvalue weighted by Gasteiger charge is -2.17. The average molecular weight is 419 g/mol. The first-order valence-corrected chi connectivity index (χ1v) is 9.75. The molecule has 13 heteroatoms. The minimum Gasteiger partial charge on any atom is -0.462 e. The van der Waals surface area contributed by atoms with Gasteiger partial charge in [0.25, 0.3) is 5.56 Å². The number of aliphatic hydroxyl groups excluding tert-OH is 1. The third-order valence-electron chi connectivity index (χ3n) is 3.90. The highest BCUT2D eigenvalue weighted by atomic mass is 31.1. The molecule has 1 unspecified atom stereocenters. The van der Waals surface area contributed by atoms with Crippen LogP contribution in [0, 0.1) is 0 Å². The molecule has 0 bridgehead atoms. The Kier molecular flexibility index (Phi) is 7.58. The number of aliphatic hydroxyl groups is 1. The Morgan fingerprint density at radius 1 is 1.46 bits per heavy atom. The zero-order valence-corrected chi connectivity index (χ0v) is 16.5. The number of ether oxygens (including phenoxy) is 2. The predicted molar refractivity (Wildman–Crippen MR) is 96.6 cm³/mol. The monoisotopic (exact) mass is 419 g/mol. The van der Waals surface area contributed by atoms with Crippen molar-refractivity contribution in [2.45, 2.75) is 57.4 Å². The van der Waals surface area contributed by atoms with Gasteiger partial charge in [-0.15, -0.1) is 4.52 Å². The second kappa shape index (κ2) is 9.50. The smallest absolute Gasteiger partial charge is 0.462 e. The van der Waals surface area contributed by atoms with Crippen molar-refractivity contribution in [1.82, 2.24) is 14.6 Å².